The maximum absolute atomic E-state index is 4.46. The van der Waals surface area contributed by atoms with E-state index >= 15 is 0 Å². The van der Waals surface area contributed by atoms with Crippen molar-refractivity contribution in [2.45, 2.75) is 19.5 Å². The van der Waals surface area contributed by atoms with Crippen LogP contribution in [0.4, 0.5) is 0 Å². The Bertz CT molecular complexity index is 655. The number of fused-ring (bicyclic) bond motifs is 1. The number of rotatable bonds is 4. The molecule has 1 aromatic carbocycles. The van der Waals surface area contributed by atoms with Crippen molar-refractivity contribution in [3.63, 3.8) is 0 Å². The molecule has 3 rings (SSSR count). The molecular formula is C15H16N4. The Balaban J connectivity index is 1.79. The maximum atomic E-state index is 4.46. The van der Waals surface area contributed by atoms with Gasteiger partial charge in [-0.25, -0.2) is 4.98 Å². The molecule has 0 aliphatic rings. The Kier molecular flexibility index (Phi) is 3.25. The quantitative estimate of drug-likeness (QED) is 0.750. The number of para-hydroxylation sites is 1. The third-order valence-electron chi connectivity index (χ3n) is 3.24. The van der Waals surface area contributed by atoms with Crippen LogP contribution in [0.5, 0.6) is 0 Å². The van der Waals surface area contributed by atoms with E-state index in [1.165, 1.54) is 10.9 Å². The third-order valence-corrected chi connectivity index (χ3v) is 3.24. The van der Waals surface area contributed by atoms with Gasteiger partial charge in [0.15, 0.2) is 0 Å². The van der Waals surface area contributed by atoms with E-state index in [9.17, 15) is 0 Å². The Morgan fingerprint density at radius 1 is 1.16 bits per heavy atom. The summed E-state index contributed by atoms with van der Waals surface area (Å²) in [4.78, 5) is 11.8. The molecule has 2 aromatic heterocycles. The van der Waals surface area contributed by atoms with Crippen LogP contribution in [0.15, 0.2) is 48.9 Å². The summed E-state index contributed by atoms with van der Waals surface area (Å²) in [5.41, 5.74) is 2.26. The zero-order chi connectivity index (χ0) is 13.1. The van der Waals surface area contributed by atoms with Crippen LogP contribution in [-0.4, -0.2) is 15.0 Å². The van der Waals surface area contributed by atoms with Gasteiger partial charge in [0.05, 0.1) is 11.6 Å². The van der Waals surface area contributed by atoms with Crippen LogP contribution in [-0.2, 0) is 6.54 Å². The van der Waals surface area contributed by atoms with Crippen LogP contribution in [0.1, 0.15) is 24.4 Å². The van der Waals surface area contributed by atoms with Crippen molar-refractivity contribution in [1.29, 1.82) is 0 Å². The van der Waals surface area contributed by atoms with Gasteiger partial charge in [-0.05, 0) is 18.6 Å². The van der Waals surface area contributed by atoms with Crippen LogP contribution in [0.25, 0.3) is 10.9 Å². The van der Waals surface area contributed by atoms with Crippen LogP contribution in [0.2, 0.25) is 0 Å². The minimum atomic E-state index is 0.189. The maximum Gasteiger partial charge on any atom is 0.122 e. The summed E-state index contributed by atoms with van der Waals surface area (Å²) in [6.07, 6.45) is 5.45. The minimum Gasteiger partial charge on any atom is -0.347 e. The molecule has 0 spiro atoms. The van der Waals surface area contributed by atoms with Gasteiger partial charge in [0, 0.05) is 30.5 Å². The van der Waals surface area contributed by atoms with Gasteiger partial charge in [0.2, 0.25) is 0 Å². The predicted octanol–water partition coefficient (Wildman–Crippen LogP) is 2.81. The molecule has 0 amide bonds. The molecule has 3 aromatic rings. The fourth-order valence-corrected chi connectivity index (χ4v) is 2.18. The molecular weight excluding hydrogens is 236 g/mol. The van der Waals surface area contributed by atoms with Crippen LogP contribution in [0.3, 0.4) is 0 Å². The fourth-order valence-electron chi connectivity index (χ4n) is 2.18. The molecule has 4 heteroatoms. The van der Waals surface area contributed by atoms with Crippen molar-refractivity contribution in [3.05, 3.63) is 60.3 Å². The smallest absolute Gasteiger partial charge is 0.122 e. The lowest BCUT2D eigenvalue weighted by atomic mass is 10.1. The van der Waals surface area contributed by atoms with Crippen LogP contribution < -0.4 is 5.32 Å². The van der Waals surface area contributed by atoms with Gasteiger partial charge in [-0.3, -0.25) is 4.98 Å². The van der Waals surface area contributed by atoms with Gasteiger partial charge in [0.25, 0.3) is 0 Å². The average Bonchev–Trinajstić information content (AvgIpc) is 2.99. The number of hydrogen-bond donors (Lipinski definition) is 2. The molecule has 0 saturated heterocycles. The molecule has 1 atom stereocenters. The lowest BCUT2D eigenvalue weighted by Gasteiger charge is -2.12. The Labute approximate surface area is 111 Å². The lowest BCUT2D eigenvalue weighted by molar-refractivity contribution is 0.552. The fraction of sp³-hybridized carbons (Fsp3) is 0.200. The van der Waals surface area contributed by atoms with E-state index in [2.05, 4.69) is 51.5 Å². The summed E-state index contributed by atoms with van der Waals surface area (Å²) in [6.45, 7) is 2.87. The molecule has 1 unspecified atom stereocenters. The van der Waals surface area contributed by atoms with Gasteiger partial charge in [-0.1, -0.05) is 24.3 Å². The van der Waals surface area contributed by atoms with Crippen molar-refractivity contribution in [1.82, 2.24) is 20.3 Å². The van der Waals surface area contributed by atoms with E-state index in [-0.39, 0.29) is 6.04 Å². The van der Waals surface area contributed by atoms with Crippen LogP contribution in [0, 0.1) is 0 Å². The molecule has 0 bridgehead atoms. The normalized spacial score (nSPS) is 12.7. The highest BCUT2D eigenvalue weighted by molar-refractivity contribution is 5.81. The molecule has 0 radical (unpaired) electrons. The second kappa shape index (κ2) is 5.20. The molecule has 0 aliphatic carbocycles. The standard InChI is InChI=1S/C15H16N4/c1-11(15-17-8-9-18-15)19-10-13-5-2-4-12-6-3-7-16-14(12)13/h2-9,11,19H,10H2,1H3,(H,17,18). The third kappa shape index (κ3) is 2.48. The molecule has 4 nitrogen and oxygen atoms in total. The number of nitrogens with zero attached hydrogens (tertiary/aromatic N) is 2. The Hall–Kier alpha value is -2.20. The number of benzene rings is 1. The number of aromatic amines is 1. The highest BCUT2D eigenvalue weighted by Crippen LogP contribution is 2.16. The first kappa shape index (κ1) is 11.9. The van der Waals surface area contributed by atoms with E-state index in [0.717, 1.165) is 17.9 Å². The summed E-state index contributed by atoms with van der Waals surface area (Å²) >= 11 is 0. The highest BCUT2D eigenvalue weighted by atomic mass is 15.0. The van der Waals surface area contributed by atoms with Gasteiger partial charge >= 0.3 is 0 Å². The molecule has 2 N–H and O–H groups in total. The summed E-state index contributed by atoms with van der Waals surface area (Å²) in [5.74, 6) is 0.952. The molecule has 0 saturated carbocycles. The van der Waals surface area contributed by atoms with Gasteiger partial charge in [-0.2, -0.15) is 0 Å². The second-order valence-corrected chi connectivity index (χ2v) is 4.57. The number of aromatic nitrogens is 3. The lowest BCUT2D eigenvalue weighted by Crippen LogP contribution is -2.19. The van der Waals surface area contributed by atoms with E-state index in [1.807, 2.05) is 18.5 Å². The summed E-state index contributed by atoms with van der Waals surface area (Å²) < 4.78 is 0. The van der Waals surface area contributed by atoms with E-state index in [1.54, 1.807) is 6.20 Å². The molecule has 96 valence electrons. The zero-order valence-electron chi connectivity index (χ0n) is 10.8. The number of hydrogen-bond acceptors (Lipinski definition) is 3. The number of H-pyrrole nitrogens is 1. The summed E-state index contributed by atoms with van der Waals surface area (Å²) in [5, 5.41) is 4.63. The van der Waals surface area contributed by atoms with Crippen molar-refractivity contribution in [2.24, 2.45) is 0 Å². The Morgan fingerprint density at radius 3 is 2.89 bits per heavy atom. The molecule has 0 fully saturated rings. The topological polar surface area (TPSA) is 53.6 Å². The van der Waals surface area contributed by atoms with Gasteiger partial charge in [0.1, 0.15) is 5.82 Å². The average molecular weight is 252 g/mol. The van der Waals surface area contributed by atoms with Crippen molar-refractivity contribution < 1.29 is 0 Å². The SMILES string of the molecule is CC(NCc1cccc2cccnc12)c1ncc[nH]1. The molecule has 19 heavy (non-hydrogen) atoms. The molecule has 0 aliphatic heterocycles. The Morgan fingerprint density at radius 2 is 2.05 bits per heavy atom. The summed E-state index contributed by atoms with van der Waals surface area (Å²) in [6, 6.07) is 10.5. The first-order valence-electron chi connectivity index (χ1n) is 6.40. The predicted molar refractivity (Wildman–Crippen MR) is 75.6 cm³/mol. The van der Waals surface area contributed by atoms with Gasteiger partial charge in [-0.15, -0.1) is 0 Å². The number of imidazole rings is 1. The largest absolute Gasteiger partial charge is 0.347 e. The van der Waals surface area contributed by atoms with E-state index in [4.69, 9.17) is 0 Å². The zero-order valence-corrected chi connectivity index (χ0v) is 10.8. The highest BCUT2D eigenvalue weighted by Gasteiger charge is 2.08. The minimum absolute atomic E-state index is 0.189. The first-order valence-corrected chi connectivity index (χ1v) is 6.40. The molecule has 2 heterocycles. The van der Waals surface area contributed by atoms with E-state index in [0.29, 0.717) is 0 Å². The number of nitrogens with one attached hydrogen (secondary N) is 2. The van der Waals surface area contributed by atoms with E-state index < -0.39 is 0 Å². The monoisotopic (exact) mass is 252 g/mol. The van der Waals surface area contributed by atoms with Crippen molar-refractivity contribution in [3.8, 4) is 0 Å². The second-order valence-electron chi connectivity index (χ2n) is 4.57. The first-order chi connectivity index (χ1) is 9.34. The van der Waals surface area contributed by atoms with Crippen LogP contribution >= 0.6 is 0 Å². The van der Waals surface area contributed by atoms with Crippen molar-refractivity contribution in [2.75, 3.05) is 0 Å². The number of pyridine rings is 1. The summed E-state index contributed by atoms with van der Waals surface area (Å²) in [7, 11) is 0. The van der Waals surface area contributed by atoms with Crippen molar-refractivity contribution >= 4 is 10.9 Å². The van der Waals surface area contributed by atoms with Gasteiger partial charge < -0.3 is 10.3 Å².